The minimum absolute atomic E-state index is 0.447. The molecule has 2 aromatic rings. The van der Waals surface area contributed by atoms with Crippen LogP contribution in [0.1, 0.15) is 22.8 Å². The van der Waals surface area contributed by atoms with Gasteiger partial charge in [-0.1, -0.05) is 36.4 Å². The smallest absolute Gasteiger partial charge is 0.0830 e. The first-order valence-corrected chi connectivity index (χ1v) is 6.58. The van der Waals surface area contributed by atoms with Crippen LogP contribution in [0.5, 0.6) is 0 Å². The third-order valence-electron chi connectivity index (χ3n) is 3.47. The van der Waals surface area contributed by atoms with Crippen LogP contribution in [0.15, 0.2) is 48.5 Å². The van der Waals surface area contributed by atoms with Crippen LogP contribution in [-0.2, 0) is 6.42 Å². The van der Waals surface area contributed by atoms with Gasteiger partial charge in [0.1, 0.15) is 0 Å². The van der Waals surface area contributed by atoms with Gasteiger partial charge in [0.05, 0.1) is 6.10 Å². The number of nitrogens with zero attached hydrogens (tertiary/aromatic N) is 1. The summed E-state index contributed by atoms with van der Waals surface area (Å²) in [6.07, 6.45) is 0.214. The molecular formula is C17H21NO. The van der Waals surface area contributed by atoms with E-state index in [1.54, 1.807) is 0 Å². The van der Waals surface area contributed by atoms with E-state index in [0.29, 0.717) is 6.42 Å². The van der Waals surface area contributed by atoms with E-state index in [1.807, 2.05) is 50.5 Å². The van der Waals surface area contributed by atoms with Crippen molar-refractivity contribution in [2.24, 2.45) is 0 Å². The van der Waals surface area contributed by atoms with Gasteiger partial charge in [0.15, 0.2) is 0 Å². The van der Waals surface area contributed by atoms with Gasteiger partial charge in [0, 0.05) is 26.2 Å². The number of rotatable bonds is 4. The molecular weight excluding hydrogens is 234 g/mol. The highest BCUT2D eigenvalue weighted by Crippen LogP contribution is 2.22. The molecule has 0 fully saturated rings. The van der Waals surface area contributed by atoms with E-state index in [4.69, 9.17) is 0 Å². The average Bonchev–Trinajstić information content (AvgIpc) is 2.41. The molecule has 2 aromatic carbocycles. The molecule has 2 nitrogen and oxygen atoms in total. The maximum Gasteiger partial charge on any atom is 0.0830 e. The SMILES string of the molecule is Cc1ccccc1CC(O)c1ccc(N(C)C)cc1. The molecule has 0 radical (unpaired) electrons. The molecule has 0 aliphatic rings. The lowest BCUT2D eigenvalue weighted by Crippen LogP contribution is -2.09. The molecule has 2 heteroatoms. The Balaban J connectivity index is 2.12. The lowest BCUT2D eigenvalue weighted by molar-refractivity contribution is 0.178. The number of aryl methyl sites for hydroxylation is 1. The Labute approximate surface area is 115 Å². The van der Waals surface area contributed by atoms with Crippen LogP contribution in [0.25, 0.3) is 0 Å². The highest BCUT2D eigenvalue weighted by molar-refractivity contribution is 5.46. The van der Waals surface area contributed by atoms with E-state index in [-0.39, 0.29) is 0 Å². The Morgan fingerprint density at radius 3 is 2.21 bits per heavy atom. The molecule has 0 aromatic heterocycles. The van der Waals surface area contributed by atoms with Crippen molar-refractivity contribution in [3.05, 3.63) is 65.2 Å². The minimum atomic E-state index is -0.447. The van der Waals surface area contributed by atoms with E-state index in [9.17, 15) is 5.11 Å². The van der Waals surface area contributed by atoms with Gasteiger partial charge in [-0.15, -0.1) is 0 Å². The van der Waals surface area contributed by atoms with Crippen LogP contribution >= 0.6 is 0 Å². The predicted molar refractivity (Wildman–Crippen MR) is 80.6 cm³/mol. The normalized spacial score (nSPS) is 12.2. The molecule has 100 valence electrons. The fraction of sp³-hybridized carbons (Fsp3) is 0.294. The van der Waals surface area contributed by atoms with Crippen LogP contribution in [-0.4, -0.2) is 19.2 Å². The number of aliphatic hydroxyl groups excluding tert-OH is 1. The molecule has 1 unspecified atom stereocenters. The fourth-order valence-corrected chi connectivity index (χ4v) is 2.16. The van der Waals surface area contributed by atoms with Crippen molar-refractivity contribution in [3.63, 3.8) is 0 Å². The molecule has 1 N–H and O–H groups in total. The van der Waals surface area contributed by atoms with E-state index in [1.165, 1.54) is 11.1 Å². The zero-order valence-electron chi connectivity index (χ0n) is 11.8. The molecule has 2 rings (SSSR count). The third-order valence-corrected chi connectivity index (χ3v) is 3.47. The summed E-state index contributed by atoms with van der Waals surface area (Å²) in [5, 5.41) is 10.3. The Bertz CT molecular complexity index is 531. The second kappa shape index (κ2) is 5.89. The van der Waals surface area contributed by atoms with Crippen LogP contribution in [0, 0.1) is 6.92 Å². The molecule has 0 saturated carbocycles. The second-order valence-corrected chi connectivity index (χ2v) is 5.13. The summed E-state index contributed by atoms with van der Waals surface area (Å²) >= 11 is 0. The highest BCUT2D eigenvalue weighted by atomic mass is 16.3. The number of aliphatic hydroxyl groups is 1. The molecule has 0 spiro atoms. The van der Waals surface area contributed by atoms with Crippen LogP contribution in [0.3, 0.4) is 0 Å². The number of hydrogen-bond donors (Lipinski definition) is 1. The molecule has 0 aliphatic heterocycles. The van der Waals surface area contributed by atoms with Gasteiger partial charge in [0.2, 0.25) is 0 Å². The van der Waals surface area contributed by atoms with Crippen molar-refractivity contribution in [3.8, 4) is 0 Å². The summed E-state index contributed by atoms with van der Waals surface area (Å²) < 4.78 is 0. The highest BCUT2D eigenvalue weighted by Gasteiger charge is 2.10. The van der Waals surface area contributed by atoms with Crippen LogP contribution in [0.4, 0.5) is 5.69 Å². The number of hydrogen-bond acceptors (Lipinski definition) is 2. The predicted octanol–water partition coefficient (Wildman–Crippen LogP) is 3.34. The van der Waals surface area contributed by atoms with Crippen molar-refractivity contribution in [1.82, 2.24) is 0 Å². The minimum Gasteiger partial charge on any atom is -0.388 e. The molecule has 0 saturated heterocycles. The zero-order valence-corrected chi connectivity index (χ0v) is 11.8. The van der Waals surface area contributed by atoms with Crippen molar-refractivity contribution < 1.29 is 5.11 Å². The number of benzene rings is 2. The van der Waals surface area contributed by atoms with Crippen molar-refractivity contribution in [2.75, 3.05) is 19.0 Å². The summed E-state index contributed by atoms with van der Waals surface area (Å²) in [5.41, 5.74) is 4.54. The van der Waals surface area contributed by atoms with Gasteiger partial charge < -0.3 is 10.0 Å². The zero-order chi connectivity index (χ0) is 13.8. The molecule has 19 heavy (non-hydrogen) atoms. The van der Waals surface area contributed by atoms with Crippen LogP contribution < -0.4 is 4.90 Å². The van der Waals surface area contributed by atoms with Gasteiger partial charge in [-0.2, -0.15) is 0 Å². The first kappa shape index (κ1) is 13.6. The molecule has 0 aliphatic carbocycles. The second-order valence-electron chi connectivity index (χ2n) is 5.13. The van der Waals surface area contributed by atoms with E-state index in [0.717, 1.165) is 11.3 Å². The molecule has 0 amide bonds. The third kappa shape index (κ3) is 3.36. The topological polar surface area (TPSA) is 23.5 Å². The largest absolute Gasteiger partial charge is 0.388 e. The maximum atomic E-state index is 10.3. The Morgan fingerprint density at radius 1 is 1.00 bits per heavy atom. The van der Waals surface area contributed by atoms with Gasteiger partial charge >= 0.3 is 0 Å². The Kier molecular flexibility index (Phi) is 4.23. The lowest BCUT2D eigenvalue weighted by atomic mass is 9.98. The van der Waals surface area contributed by atoms with Gasteiger partial charge in [-0.3, -0.25) is 0 Å². The summed E-state index contributed by atoms with van der Waals surface area (Å²) in [5.74, 6) is 0. The molecule has 1 atom stereocenters. The van der Waals surface area contributed by atoms with Crippen molar-refractivity contribution in [1.29, 1.82) is 0 Å². The first-order chi connectivity index (χ1) is 9.08. The van der Waals surface area contributed by atoms with Gasteiger partial charge in [-0.25, -0.2) is 0 Å². The summed E-state index contributed by atoms with van der Waals surface area (Å²) in [7, 11) is 4.03. The van der Waals surface area contributed by atoms with Crippen molar-refractivity contribution in [2.45, 2.75) is 19.4 Å². The molecule has 0 bridgehead atoms. The fourth-order valence-electron chi connectivity index (χ4n) is 2.16. The maximum absolute atomic E-state index is 10.3. The number of anilines is 1. The summed E-state index contributed by atoms with van der Waals surface area (Å²) in [6.45, 7) is 2.08. The quantitative estimate of drug-likeness (QED) is 0.905. The van der Waals surface area contributed by atoms with E-state index >= 15 is 0 Å². The van der Waals surface area contributed by atoms with Crippen LogP contribution in [0.2, 0.25) is 0 Å². The van der Waals surface area contributed by atoms with Gasteiger partial charge in [-0.05, 0) is 35.7 Å². The lowest BCUT2D eigenvalue weighted by Gasteiger charge is -2.16. The monoisotopic (exact) mass is 255 g/mol. The Morgan fingerprint density at radius 2 is 1.63 bits per heavy atom. The summed E-state index contributed by atoms with van der Waals surface area (Å²) in [6, 6.07) is 16.3. The standard InChI is InChI=1S/C17H21NO/c1-13-6-4-5-7-15(13)12-17(19)14-8-10-16(11-9-14)18(2)3/h4-11,17,19H,12H2,1-3H3. The first-order valence-electron chi connectivity index (χ1n) is 6.58. The van der Waals surface area contributed by atoms with Gasteiger partial charge in [0.25, 0.3) is 0 Å². The summed E-state index contributed by atoms with van der Waals surface area (Å²) in [4.78, 5) is 2.05. The van der Waals surface area contributed by atoms with E-state index in [2.05, 4.69) is 24.0 Å². The Hall–Kier alpha value is -1.80. The van der Waals surface area contributed by atoms with E-state index < -0.39 is 6.10 Å². The average molecular weight is 255 g/mol. The molecule has 0 heterocycles. The van der Waals surface area contributed by atoms with Crippen molar-refractivity contribution >= 4 is 5.69 Å².